The Balaban J connectivity index is 1.60. The van der Waals surface area contributed by atoms with Gasteiger partial charge >= 0.3 is 0 Å². The molecule has 1 aliphatic carbocycles. The molecule has 1 fully saturated rings. The van der Waals surface area contributed by atoms with Gasteiger partial charge in [0.1, 0.15) is 0 Å². The number of piperidine rings is 1. The molecular formula is C18H24N2O2. The van der Waals surface area contributed by atoms with E-state index in [9.17, 15) is 9.59 Å². The van der Waals surface area contributed by atoms with E-state index in [-0.39, 0.29) is 17.7 Å². The summed E-state index contributed by atoms with van der Waals surface area (Å²) in [4.78, 5) is 25.7. The van der Waals surface area contributed by atoms with Gasteiger partial charge in [-0.15, -0.1) is 0 Å². The number of carbonyl (C=O) groups excluding carboxylic acids is 2. The van der Waals surface area contributed by atoms with E-state index >= 15 is 0 Å². The van der Waals surface area contributed by atoms with Crippen LogP contribution in [0.15, 0.2) is 24.3 Å². The zero-order valence-corrected chi connectivity index (χ0v) is 13.0. The maximum atomic E-state index is 12.6. The van der Waals surface area contributed by atoms with Crippen LogP contribution in [0.2, 0.25) is 0 Å². The first kappa shape index (κ1) is 15.1. The summed E-state index contributed by atoms with van der Waals surface area (Å²) < 4.78 is 0. The third kappa shape index (κ3) is 3.16. The van der Waals surface area contributed by atoms with Crippen molar-refractivity contribution in [3.05, 3.63) is 35.4 Å². The van der Waals surface area contributed by atoms with Crippen molar-refractivity contribution in [2.45, 2.75) is 44.4 Å². The number of primary amides is 1. The third-order valence-corrected chi connectivity index (χ3v) is 5.16. The summed E-state index contributed by atoms with van der Waals surface area (Å²) in [5.74, 6) is 0.295. The third-order valence-electron chi connectivity index (χ3n) is 5.16. The molecule has 0 spiro atoms. The maximum Gasteiger partial charge on any atom is 0.223 e. The number of aryl methyl sites for hydroxylation is 1. The summed E-state index contributed by atoms with van der Waals surface area (Å²) in [6.45, 7) is 1.33. The van der Waals surface area contributed by atoms with E-state index in [0.29, 0.717) is 38.3 Å². The Morgan fingerprint density at radius 1 is 1.14 bits per heavy atom. The summed E-state index contributed by atoms with van der Waals surface area (Å²) >= 11 is 0. The molecule has 118 valence electrons. The zero-order valence-electron chi connectivity index (χ0n) is 13.0. The van der Waals surface area contributed by atoms with Crippen molar-refractivity contribution in [1.29, 1.82) is 0 Å². The largest absolute Gasteiger partial charge is 0.369 e. The number of nitrogens with two attached hydrogens (primary N) is 1. The Bertz CT molecular complexity index is 562. The molecule has 22 heavy (non-hydrogen) atoms. The standard InChI is InChI=1S/C18H24N2O2/c19-18(22)14-8-10-20(11-9-14)17(21)12-15-6-3-5-13-4-1-2-7-16(13)15/h1-2,4,7,14-15H,3,5-6,8-12H2,(H2,19,22). The van der Waals surface area contributed by atoms with Crippen LogP contribution in [-0.2, 0) is 16.0 Å². The van der Waals surface area contributed by atoms with Crippen LogP contribution in [0, 0.1) is 5.92 Å². The molecule has 1 aromatic rings. The summed E-state index contributed by atoms with van der Waals surface area (Å²) in [5, 5.41) is 0. The number of likely N-dealkylation sites (tertiary alicyclic amines) is 1. The minimum absolute atomic E-state index is 0.0561. The van der Waals surface area contributed by atoms with Gasteiger partial charge in [-0.3, -0.25) is 9.59 Å². The van der Waals surface area contributed by atoms with E-state index in [1.807, 2.05) is 4.90 Å². The molecule has 0 radical (unpaired) electrons. The average molecular weight is 300 g/mol. The number of fused-ring (bicyclic) bond motifs is 1. The summed E-state index contributed by atoms with van der Waals surface area (Å²) in [6.07, 6.45) is 5.41. The molecule has 2 aliphatic rings. The number of rotatable bonds is 3. The van der Waals surface area contributed by atoms with Gasteiger partial charge in [0.05, 0.1) is 0 Å². The van der Waals surface area contributed by atoms with E-state index in [1.54, 1.807) is 0 Å². The number of nitrogens with zero attached hydrogens (tertiary/aromatic N) is 1. The highest BCUT2D eigenvalue weighted by Crippen LogP contribution is 2.34. The fourth-order valence-electron chi connectivity index (χ4n) is 3.82. The minimum atomic E-state index is -0.228. The quantitative estimate of drug-likeness (QED) is 0.930. The van der Waals surface area contributed by atoms with Crippen molar-refractivity contribution in [2.75, 3.05) is 13.1 Å². The first-order valence-corrected chi connectivity index (χ1v) is 8.30. The smallest absolute Gasteiger partial charge is 0.223 e. The molecule has 1 atom stereocenters. The van der Waals surface area contributed by atoms with Gasteiger partial charge < -0.3 is 10.6 Å². The first-order chi connectivity index (χ1) is 10.6. The van der Waals surface area contributed by atoms with Gasteiger partial charge in [-0.25, -0.2) is 0 Å². The lowest BCUT2D eigenvalue weighted by Gasteiger charge is -2.33. The predicted molar refractivity (Wildman–Crippen MR) is 85.2 cm³/mol. The van der Waals surface area contributed by atoms with E-state index in [0.717, 1.165) is 12.8 Å². The van der Waals surface area contributed by atoms with Gasteiger partial charge in [0, 0.05) is 25.4 Å². The van der Waals surface area contributed by atoms with Crippen LogP contribution in [0.5, 0.6) is 0 Å². The molecule has 2 amide bonds. The highest BCUT2D eigenvalue weighted by molar-refractivity contribution is 5.79. The van der Waals surface area contributed by atoms with E-state index < -0.39 is 0 Å². The van der Waals surface area contributed by atoms with Crippen molar-refractivity contribution in [3.63, 3.8) is 0 Å². The van der Waals surface area contributed by atoms with E-state index in [1.165, 1.54) is 17.5 Å². The van der Waals surface area contributed by atoms with Crippen LogP contribution in [0.1, 0.15) is 49.1 Å². The molecule has 1 saturated heterocycles. The highest BCUT2D eigenvalue weighted by Gasteiger charge is 2.28. The van der Waals surface area contributed by atoms with Crippen LogP contribution in [0.3, 0.4) is 0 Å². The molecule has 1 unspecified atom stereocenters. The maximum absolute atomic E-state index is 12.6. The van der Waals surface area contributed by atoms with Gasteiger partial charge in [0.15, 0.2) is 0 Å². The number of carbonyl (C=O) groups is 2. The Labute approximate surface area is 131 Å². The lowest BCUT2D eigenvalue weighted by Crippen LogP contribution is -2.42. The topological polar surface area (TPSA) is 63.4 Å². The normalized spacial score (nSPS) is 22.2. The Morgan fingerprint density at radius 2 is 1.86 bits per heavy atom. The van der Waals surface area contributed by atoms with Crippen molar-refractivity contribution in [3.8, 4) is 0 Å². The molecule has 4 heteroatoms. The second-order valence-corrected chi connectivity index (χ2v) is 6.55. The van der Waals surface area contributed by atoms with Crippen LogP contribution in [0.25, 0.3) is 0 Å². The van der Waals surface area contributed by atoms with Crippen LogP contribution < -0.4 is 5.73 Å². The number of amides is 2. The van der Waals surface area contributed by atoms with Gasteiger partial charge in [-0.05, 0) is 49.1 Å². The fourth-order valence-corrected chi connectivity index (χ4v) is 3.82. The van der Waals surface area contributed by atoms with Crippen molar-refractivity contribution < 1.29 is 9.59 Å². The van der Waals surface area contributed by atoms with Gasteiger partial charge in [-0.2, -0.15) is 0 Å². The molecule has 0 aromatic heterocycles. The van der Waals surface area contributed by atoms with Crippen molar-refractivity contribution in [2.24, 2.45) is 11.7 Å². The van der Waals surface area contributed by atoms with Crippen LogP contribution in [-0.4, -0.2) is 29.8 Å². The summed E-state index contributed by atoms with van der Waals surface area (Å²) in [6, 6.07) is 8.51. The second-order valence-electron chi connectivity index (χ2n) is 6.55. The average Bonchev–Trinajstić information content (AvgIpc) is 2.55. The lowest BCUT2D eigenvalue weighted by atomic mass is 9.81. The minimum Gasteiger partial charge on any atom is -0.369 e. The molecular weight excluding hydrogens is 276 g/mol. The number of benzene rings is 1. The summed E-state index contributed by atoms with van der Waals surface area (Å²) in [7, 11) is 0. The predicted octanol–water partition coefficient (Wildman–Crippen LogP) is 2.22. The summed E-state index contributed by atoms with van der Waals surface area (Å²) in [5.41, 5.74) is 8.11. The van der Waals surface area contributed by atoms with E-state index in [2.05, 4.69) is 24.3 Å². The zero-order chi connectivity index (χ0) is 15.5. The molecule has 1 heterocycles. The van der Waals surface area contributed by atoms with Crippen molar-refractivity contribution in [1.82, 2.24) is 4.90 Å². The first-order valence-electron chi connectivity index (χ1n) is 8.30. The molecule has 4 nitrogen and oxygen atoms in total. The molecule has 1 aromatic carbocycles. The van der Waals surface area contributed by atoms with Crippen LogP contribution >= 0.6 is 0 Å². The molecule has 3 rings (SSSR count). The molecule has 0 bridgehead atoms. The number of hydrogen-bond donors (Lipinski definition) is 1. The number of hydrogen-bond acceptors (Lipinski definition) is 2. The molecule has 1 aliphatic heterocycles. The SMILES string of the molecule is NC(=O)C1CCN(C(=O)CC2CCCc3ccccc32)CC1. The Hall–Kier alpha value is -1.84. The van der Waals surface area contributed by atoms with Gasteiger partial charge in [-0.1, -0.05) is 24.3 Å². The Morgan fingerprint density at radius 3 is 2.59 bits per heavy atom. The molecule has 0 saturated carbocycles. The van der Waals surface area contributed by atoms with Crippen LogP contribution in [0.4, 0.5) is 0 Å². The molecule has 2 N–H and O–H groups in total. The lowest BCUT2D eigenvalue weighted by molar-refractivity contribution is -0.135. The second kappa shape index (κ2) is 6.51. The monoisotopic (exact) mass is 300 g/mol. The van der Waals surface area contributed by atoms with E-state index in [4.69, 9.17) is 5.73 Å². The Kier molecular flexibility index (Phi) is 4.46. The highest BCUT2D eigenvalue weighted by atomic mass is 16.2. The van der Waals surface area contributed by atoms with Gasteiger partial charge in [0.25, 0.3) is 0 Å². The van der Waals surface area contributed by atoms with Gasteiger partial charge in [0.2, 0.25) is 11.8 Å². The fraction of sp³-hybridized carbons (Fsp3) is 0.556. The van der Waals surface area contributed by atoms with Crippen molar-refractivity contribution >= 4 is 11.8 Å².